The highest BCUT2D eigenvalue weighted by molar-refractivity contribution is 7.99. The first-order chi connectivity index (χ1) is 13.6. The summed E-state index contributed by atoms with van der Waals surface area (Å²) < 4.78 is 1.51. The SMILES string of the molecule is CC1CCN(C(=O)CSc2nnc(Cc3cccc4ccccc34)n2N)CC1. The Balaban J connectivity index is 1.42. The smallest absolute Gasteiger partial charge is 0.233 e. The van der Waals surface area contributed by atoms with E-state index in [1.165, 1.54) is 27.2 Å². The molecule has 3 aromatic rings. The molecule has 0 atom stereocenters. The number of piperidine rings is 1. The van der Waals surface area contributed by atoms with E-state index in [-0.39, 0.29) is 5.91 Å². The lowest BCUT2D eigenvalue weighted by Gasteiger charge is -2.30. The van der Waals surface area contributed by atoms with E-state index in [1.807, 2.05) is 23.1 Å². The molecule has 0 radical (unpaired) electrons. The van der Waals surface area contributed by atoms with Gasteiger partial charge in [-0.2, -0.15) is 0 Å². The standard InChI is InChI=1S/C21H25N5OS/c1-15-9-11-25(12-10-15)20(27)14-28-21-24-23-19(26(21)22)13-17-7-4-6-16-5-2-3-8-18(16)17/h2-8,15H,9-14,22H2,1H3. The minimum absolute atomic E-state index is 0.149. The number of nitrogens with zero attached hydrogens (tertiary/aromatic N) is 4. The highest BCUT2D eigenvalue weighted by Crippen LogP contribution is 2.23. The molecule has 4 rings (SSSR count). The van der Waals surface area contributed by atoms with Crippen LogP contribution in [0.25, 0.3) is 10.8 Å². The van der Waals surface area contributed by atoms with Gasteiger partial charge in [0, 0.05) is 19.5 Å². The second kappa shape index (κ2) is 8.22. The zero-order valence-electron chi connectivity index (χ0n) is 16.0. The predicted octanol–water partition coefficient (Wildman–Crippen LogP) is 3.09. The molecule has 0 unspecified atom stereocenters. The van der Waals surface area contributed by atoms with E-state index in [9.17, 15) is 4.79 Å². The van der Waals surface area contributed by atoms with E-state index in [4.69, 9.17) is 5.84 Å². The van der Waals surface area contributed by atoms with Crippen molar-refractivity contribution in [3.05, 3.63) is 53.9 Å². The van der Waals surface area contributed by atoms with Crippen LogP contribution in [0.4, 0.5) is 0 Å². The molecule has 0 aliphatic carbocycles. The Kier molecular flexibility index (Phi) is 5.52. The van der Waals surface area contributed by atoms with Gasteiger partial charge in [0.05, 0.1) is 5.75 Å². The number of carbonyl (C=O) groups is 1. The molecule has 0 spiro atoms. The maximum atomic E-state index is 12.4. The number of nitrogen functional groups attached to an aromatic ring is 1. The number of amides is 1. The van der Waals surface area contributed by atoms with Crippen molar-refractivity contribution in [1.29, 1.82) is 0 Å². The Hall–Kier alpha value is -2.54. The van der Waals surface area contributed by atoms with Crippen molar-refractivity contribution in [2.75, 3.05) is 24.7 Å². The molecule has 1 aliphatic rings. The van der Waals surface area contributed by atoms with Gasteiger partial charge in [-0.15, -0.1) is 10.2 Å². The molecular weight excluding hydrogens is 370 g/mol. The van der Waals surface area contributed by atoms with Crippen LogP contribution in [0.3, 0.4) is 0 Å². The molecule has 2 aromatic carbocycles. The Morgan fingerprint density at radius 1 is 1.14 bits per heavy atom. The average Bonchev–Trinajstić information content (AvgIpc) is 3.06. The second-order valence-corrected chi connectivity index (χ2v) is 8.38. The second-order valence-electron chi connectivity index (χ2n) is 7.44. The Labute approximate surface area is 169 Å². The summed E-state index contributed by atoms with van der Waals surface area (Å²) in [6.45, 7) is 3.94. The van der Waals surface area contributed by atoms with Crippen LogP contribution < -0.4 is 5.84 Å². The van der Waals surface area contributed by atoms with E-state index in [2.05, 4.69) is 41.4 Å². The van der Waals surface area contributed by atoms with Crippen molar-refractivity contribution in [3.8, 4) is 0 Å². The van der Waals surface area contributed by atoms with E-state index in [0.717, 1.165) is 31.5 Å². The molecule has 1 fully saturated rings. The lowest BCUT2D eigenvalue weighted by atomic mass is 9.99. The molecule has 0 saturated carbocycles. The number of aromatic nitrogens is 3. The number of thioether (sulfide) groups is 1. The van der Waals surface area contributed by atoms with Crippen molar-refractivity contribution >= 4 is 28.4 Å². The Bertz CT molecular complexity index is 973. The topological polar surface area (TPSA) is 77.0 Å². The molecule has 1 amide bonds. The fourth-order valence-electron chi connectivity index (χ4n) is 3.62. The number of hydrogen-bond donors (Lipinski definition) is 1. The summed E-state index contributed by atoms with van der Waals surface area (Å²) in [5, 5.41) is 11.4. The number of carbonyl (C=O) groups excluding carboxylic acids is 1. The fraction of sp³-hybridized carbons (Fsp3) is 0.381. The quantitative estimate of drug-likeness (QED) is 0.531. The third-order valence-electron chi connectivity index (χ3n) is 5.42. The van der Waals surface area contributed by atoms with Gasteiger partial charge in [-0.1, -0.05) is 61.2 Å². The Morgan fingerprint density at radius 2 is 1.89 bits per heavy atom. The molecule has 1 saturated heterocycles. The van der Waals surface area contributed by atoms with Gasteiger partial charge in [-0.05, 0) is 35.1 Å². The summed E-state index contributed by atoms with van der Waals surface area (Å²) in [5.74, 6) is 8.12. The molecule has 7 heteroatoms. The van der Waals surface area contributed by atoms with Crippen LogP contribution in [0.15, 0.2) is 47.6 Å². The van der Waals surface area contributed by atoms with Gasteiger partial charge < -0.3 is 10.7 Å². The van der Waals surface area contributed by atoms with Crippen LogP contribution in [0, 0.1) is 5.92 Å². The van der Waals surface area contributed by atoms with E-state index in [0.29, 0.717) is 29.1 Å². The van der Waals surface area contributed by atoms with E-state index in [1.54, 1.807) is 0 Å². The largest absolute Gasteiger partial charge is 0.342 e. The van der Waals surface area contributed by atoms with Crippen molar-refractivity contribution in [3.63, 3.8) is 0 Å². The summed E-state index contributed by atoms with van der Waals surface area (Å²) in [6.07, 6.45) is 2.76. The highest BCUT2D eigenvalue weighted by atomic mass is 32.2. The number of likely N-dealkylation sites (tertiary alicyclic amines) is 1. The van der Waals surface area contributed by atoms with Crippen molar-refractivity contribution in [2.45, 2.75) is 31.3 Å². The summed E-state index contributed by atoms with van der Waals surface area (Å²) in [7, 11) is 0. The third kappa shape index (κ3) is 3.99. The summed E-state index contributed by atoms with van der Waals surface area (Å²) in [4.78, 5) is 14.4. The minimum atomic E-state index is 0.149. The van der Waals surface area contributed by atoms with Crippen LogP contribution in [-0.2, 0) is 11.2 Å². The highest BCUT2D eigenvalue weighted by Gasteiger charge is 2.21. The summed E-state index contributed by atoms with van der Waals surface area (Å²) in [6, 6.07) is 14.5. The molecule has 0 bridgehead atoms. The summed E-state index contributed by atoms with van der Waals surface area (Å²) >= 11 is 1.36. The molecule has 28 heavy (non-hydrogen) atoms. The zero-order chi connectivity index (χ0) is 19.5. The van der Waals surface area contributed by atoms with Crippen LogP contribution in [-0.4, -0.2) is 44.5 Å². The summed E-state index contributed by atoms with van der Waals surface area (Å²) in [5.41, 5.74) is 1.16. The first kappa shape index (κ1) is 18.8. The molecule has 1 aliphatic heterocycles. The van der Waals surface area contributed by atoms with Gasteiger partial charge in [0.2, 0.25) is 11.1 Å². The number of hydrogen-bond acceptors (Lipinski definition) is 5. The van der Waals surface area contributed by atoms with Gasteiger partial charge >= 0.3 is 0 Å². The Morgan fingerprint density at radius 3 is 2.71 bits per heavy atom. The number of rotatable bonds is 5. The molecule has 2 N–H and O–H groups in total. The van der Waals surface area contributed by atoms with Gasteiger partial charge in [-0.3, -0.25) is 4.79 Å². The molecular formula is C21H25N5OS. The minimum Gasteiger partial charge on any atom is -0.342 e. The predicted molar refractivity (Wildman–Crippen MR) is 113 cm³/mol. The van der Waals surface area contributed by atoms with Gasteiger partial charge in [-0.25, -0.2) is 4.68 Å². The molecule has 1 aromatic heterocycles. The molecule has 6 nitrogen and oxygen atoms in total. The third-order valence-corrected chi connectivity index (χ3v) is 6.35. The average molecular weight is 396 g/mol. The first-order valence-electron chi connectivity index (χ1n) is 9.68. The van der Waals surface area contributed by atoms with Crippen LogP contribution in [0.1, 0.15) is 31.2 Å². The van der Waals surface area contributed by atoms with Crippen molar-refractivity contribution in [1.82, 2.24) is 19.8 Å². The van der Waals surface area contributed by atoms with Crippen molar-refractivity contribution in [2.24, 2.45) is 5.92 Å². The van der Waals surface area contributed by atoms with Crippen LogP contribution in [0.2, 0.25) is 0 Å². The van der Waals surface area contributed by atoms with E-state index >= 15 is 0 Å². The first-order valence-corrected chi connectivity index (χ1v) is 10.7. The number of benzene rings is 2. The van der Waals surface area contributed by atoms with Gasteiger partial charge in [0.25, 0.3) is 0 Å². The lowest BCUT2D eigenvalue weighted by Crippen LogP contribution is -2.39. The zero-order valence-corrected chi connectivity index (χ0v) is 16.9. The molecule has 146 valence electrons. The van der Waals surface area contributed by atoms with Gasteiger partial charge in [0.15, 0.2) is 5.82 Å². The van der Waals surface area contributed by atoms with E-state index < -0.39 is 0 Å². The van der Waals surface area contributed by atoms with Gasteiger partial charge in [0.1, 0.15) is 0 Å². The lowest BCUT2D eigenvalue weighted by molar-refractivity contribution is -0.129. The van der Waals surface area contributed by atoms with Crippen LogP contribution in [0.5, 0.6) is 0 Å². The number of fused-ring (bicyclic) bond motifs is 1. The normalized spacial score (nSPS) is 15.2. The number of nitrogens with two attached hydrogens (primary N) is 1. The fourth-order valence-corrected chi connectivity index (χ4v) is 4.40. The van der Waals surface area contributed by atoms with Crippen molar-refractivity contribution < 1.29 is 4.79 Å². The van der Waals surface area contributed by atoms with Crippen LogP contribution >= 0.6 is 11.8 Å². The molecule has 2 heterocycles. The monoisotopic (exact) mass is 395 g/mol. The maximum Gasteiger partial charge on any atom is 0.233 e. The maximum absolute atomic E-state index is 12.4.